The summed E-state index contributed by atoms with van der Waals surface area (Å²) in [6.45, 7) is 0.964. The lowest BCUT2D eigenvalue weighted by Gasteiger charge is -2.42. The Bertz CT molecular complexity index is 431. The highest BCUT2D eigenvalue weighted by Crippen LogP contribution is 2.38. The van der Waals surface area contributed by atoms with E-state index < -0.39 is 0 Å². The quantitative estimate of drug-likeness (QED) is 0.769. The minimum Gasteiger partial charge on any atom is -0.483 e. The largest absolute Gasteiger partial charge is 0.483 e. The minimum absolute atomic E-state index is 0.250. The van der Waals surface area contributed by atoms with Crippen LogP contribution in [-0.2, 0) is 4.79 Å². The van der Waals surface area contributed by atoms with Crippen LogP contribution in [0.5, 0.6) is 0 Å². The fourth-order valence-electron chi connectivity index (χ4n) is 2.84. The standard InChI is InChI=1S/C13H16N2.CH2O2/c1-15-9-11-4-5-12(15)7-13(11)10-3-2-6-14-8-10;2-1-3/h2-3,6-8,11-12H,4-5,9H2,1H3;1H,(H,2,3). The van der Waals surface area contributed by atoms with E-state index in [1.54, 1.807) is 0 Å². The van der Waals surface area contributed by atoms with Crippen LogP contribution in [0, 0.1) is 5.92 Å². The van der Waals surface area contributed by atoms with Crippen molar-refractivity contribution < 1.29 is 9.90 Å². The van der Waals surface area contributed by atoms with Crippen LogP contribution < -0.4 is 0 Å². The molecule has 1 aromatic rings. The number of carbonyl (C=O) groups is 1. The summed E-state index contributed by atoms with van der Waals surface area (Å²) >= 11 is 0. The van der Waals surface area contributed by atoms with Crippen molar-refractivity contribution in [2.45, 2.75) is 18.9 Å². The molecule has 96 valence electrons. The first-order chi connectivity index (χ1) is 8.76. The smallest absolute Gasteiger partial charge is 0.290 e. The molecule has 0 aromatic carbocycles. The summed E-state index contributed by atoms with van der Waals surface area (Å²) in [7, 11) is 2.23. The number of piperidine rings is 1. The summed E-state index contributed by atoms with van der Waals surface area (Å²) < 4.78 is 0. The van der Waals surface area contributed by atoms with E-state index in [2.05, 4.69) is 29.1 Å². The van der Waals surface area contributed by atoms with E-state index >= 15 is 0 Å². The third-order valence-electron chi connectivity index (χ3n) is 3.69. The Morgan fingerprint density at radius 2 is 2.28 bits per heavy atom. The van der Waals surface area contributed by atoms with Crippen molar-refractivity contribution >= 4 is 12.0 Å². The molecule has 3 aliphatic rings. The first kappa shape index (κ1) is 12.8. The fraction of sp³-hybridized carbons (Fsp3) is 0.429. The Labute approximate surface area is 107 Å². The lowest BCUT2D eigenvalue weighted by atomic mass is 9.78. The number of fused-ring (bicyclic) bond motifs is 2. The summed E-state index contributed by atoms with van der Waals surface area (Å²) in [5, 5.41) is 6.89. The Morgan fingerprint density at radius 3 is 2.78 bits per heavy atom. The van der Waals surface area contributed by atoms with Gasteiger partial charge in [-0.3, -0.25) is 14.7 Å². The molecule has 2 atom stereocenters. The van der Waals surface area contributed by atoms with Crippen molar-refractivity contribution in [1.29, 1.82) is 0 Å². The van der Waals surface area contributed by atoms with Crippen LogP contribution in [0.15, 0.2) is 30.6 Å². The highest BCUT2D eigenvalue weighted by molar-refractivity contribution is 5.69. The number of aromatic nitrogens is 1. The van der Waals surface area contributed by atoms with Crippen molar-refractivity contribution in [2.24, 2.45) is 5.92 Å². The van der Waals surface area contributed by atoms with Crippen LogP contribution in [0.1, 0.15) is 18.4 Å². The van der Waals surface area contributed by atoms with Crippen LogP contribution in [0.25, 0.3) is 5.57 Å². The van der Waals surface area contributed by atoms with E-state index in [1.807, 2.05) is 18.5 Å². The molecule has 18 heavy (non-hydrogen) atoms. The van der Waals surface area contributed by atoms with E-state index in [4.69, 9.17) is 9.90 Å². The van der Waals surface area contributed by atoms with Crippen LogP contribution in [0.4, 0.5) is 0 Å². The number of hydrogen-bond acceptors (Lipinski definition) is 3. The van der Waals surface area contributed by atoms with Crippen molar-refractivity contribution in [2.75, 3.05) is 13.6 Å². The highest BCUT2D eigenvalue weighted by atomic mass is 16.3. The molecule has 4 heteroatoms. The maximum absolute atomic E-state index is 8.36. The zero-order chi connectivity index (χ0) is 13.0. The van der Waals surface area contributed by atoms with E-state index in [9.17, 15) is 0 Å². The van der Waals surface area contributed by atoms with Crippen molar-refractivity contribution in [3.63, 3.8) is 0 Å². The summed E-state index contributed by atoms with van der Waals surface area (Å²) in [5.41, 5.74) is 2.85. The van der Waals surface area contributed by atoms with Gasteiger partial charge in [-0.15, -0.1) is 0 Å². The zero-order valence-corrected chi connectivity index (χ0v) is 10.5. The van der Waals surface area contributed by atoms with E-state index in [0.717, 1.165) is 5.92 Å². The van der Waals surface area contributed by atoms with Gasteiger partial charge in [0.25, 0.3) is 6.47 Å². The molecule has 0 radical (unpaired) electrons. The minimum atomic E-state index is -0.250. The molecular formula is C14H18N2O2. The first-order valence-electron chi connectivity index (χ1n) is 6.16. The molecule has 0 saturated carbocycles. The fourth-order valence-corrected chi connectivity index (χ4v) is 2.84. The van der Waals surface area contributed by atoms with Gasteiger partial charge in [-0.2, -0.15) is 0 Å². The van der Waals surface area contributed by atoms with Crippen LogP contribution >= 0.6 is 0 Å². The predicted octanol–water partition coefficient (Wildman–Crippen LogP) is 1.89. The number of carboxylic acid groups (broad SMARTS) is 1. The molecule has 2 bridgehead atoms. The topological polar surface area (TPSA) is 53.4 Å². The molecule has 1 saturated heterocycles. The monoisotopic (exact) mass is 246 g/mol. The third-order valence-corrected chi connectivity index (χ3v) is 3.69. The van der Waals surface area contributed by atoms with Crippen molar-refractivity contribution in [3.8, 4) is 0 Å². The second kappa shape index (κ2) is 5.78. The number of nitrogens with zero attached hydrogens (tertiary/aromatic N) is 2. The van der Waals surface area contributed by atoms with Gasteiger partial charge in [0.2, 0.25) is 0 Å². The van der Waals surface area contributed by atoms with Gasteiger partial charge in [-0.25, -0.2) is 0 Å². The number of likely N-dealkylation sites (N-methyl/N-ethyl adjacent to an activating group) is 1. The van der Waals surface area contributed by atoms with Crippen LogP contribution in [0.2, 0.25) is 0 Å². The third kappa shape index (κ3) is 2.59. The molecule has 1 N–H and O–H groups in total. The molecule has 4 rings (SSSR count). The van der Waals surface area contributed by atoms with Gasteiger partial charge in [0.05, 0.1) is 0 Å². The maximum atomic E-state index is 8.36. The second-order valence-corrected chi connectivity index (χ2v) is 4.75. The molecule has 2 unspecified atom stereocenters. The Balaban J connectivity index is 0.000000367. The molecule has 1 fully saturated rings. The lowest BCUT2D eigenvalue weighted by molar-refractivity contribution is -0.122. The van der Waals surface area contributed by atoms with Crippen LogP contribution in [-0.4, -0.2) is 41.1 Å². The van der Waals surface area contributed by atoms with E-state index in [0.29, 0.717) is 6.04 Å². The first-order valence-corrected chi connectivity index (χ1v) is 6.16. The number of rotatable bonds is 1. The Kier molecular flexibility index (Phi) is 4.10. The lowest BCUT2D eigenvalue weighted by Crippen LogP contribution is -2.43. The van der Waals surface area contributed by atoms with Gasteiger partial charge < -0.3 is 5.11 Å². The molecule has 0 amide bonds. The number of hydrogen-bond donors (Lipinski definition) is 1. The molecule has 4 nitrogen and oxygen atoms in total. The maximum Gasteiger partial charge on any atom is 0.290 e. The molecule has 3 heterocycles. The van der Waals surface area contributed by atoms with Gasteiger partial charge in [-0.1, -0.05) is 12.1 Å². The normalized spacial score (nSPS) is 25.9. The Morgan fingerprint density at radius 1 is 1.50 bits per heavy atom. The SMILES string of the molecule is CN1CC2CCC1C=C2c1cccnc1.O=CO. The van der Waals surface area contributed by atoms with Crippen LogP contribution in [0.3, 0.4) is 0 Å². The predicted molar refractivity (Wildman–Crippen MR) is 70.0 cm³/mol. The van der Waals surface area contributed by atoms with Gasteiger partial charge in [0, 0.05) is 25.0 Å². The van der Waals surface area contributed by atoms with Crippen molar-refractivity contribution in [1.82, 2.24) is 9.88 Å². The van der Waals surface area contributed by atoms with Gasteiger partial charge in [0.1, 0.15) is 0 Å². The average Bonchev–Trinajstić information content (AvgIpc) is 2.41. The van der Waals surface area contributed by atoms with E-state index in [1.165, 1.54) is 30.5 Å². The number of pyridine rings is 1. The second-order valence-electron chi connectivity index (χ2n) is 4.75. The zero-order valence-electron chi connectivity index (χ0n) is 10.5. The summed E-state index contributed by atoms with van der Waals surface area (Å²) in [6.07, 6.45) is 8.94. The molecular weight excluding hydrogens is 228 g/mol. The summed E-state index contributed by atoms with van der Waals surface area (Å²) in [5.74, 6) is 0.726. The highest BCUT2D eigenvalue weighted by Gasteiger charge is 2.32. The van der Waals surface area contributed by atoms with Gasteiger partial charge in [-0.05, 0) is 43.0 Å². The average molecular weight is 246 g/mol. The molecule has 2 aliphatic heterocycles. The molecule has 0 spiro atoms. The Hall–Kier alpha value is -1.68. The summed E-state index contributed by atoms with van der Waals surface area (Å²) in [4.78, 5) is 15.0. The summed E-state index contributed by atoms with van der Waals surface area (Å²) in [6, 6.07) is 4.87. The molecule has 1 aliphatic carbocycles. The van der Waals surface area contributed by atoms with Gasteiger partial charge in [0.15, 0.2) is 0 Å². The van der Waals surface area contributed by atoms with Gasteiger partial charge >= 0.3 is 0 Å². The van der Waals surface area contributed by atoms with E-state index in [-0.39, 0.29) is 6.47 Å². The van der Waals surface area contributed by atoms with Crippen molar-refractivity contribution in [3.05, 3.63) is 36.2 Å². The molecule has 1 aromatic heterocycles.